The van der Waals surface area contributed by atoms with Gasteiger partial charge in [-0.2, -0.15) is 0 Å². The maximum absolute atomic E-state index is 9.30. The molecular formula is C15H23NO. The van der Waals surface area contributed by atoms with E-state index in [0.29, 0.717) is 12.5 Å². The van der Waals surface area contributed by atoms with Crippen LogP contribution in [0.4, 0.5) is 5.69 Å². The number of nitrogens with zero attached hydrogens (tertiary/aromatic N) is 1. The van der Waals surface area contributed by atoms with Crippen molar-refractivity contribution in [3.05, 3.63) is 29.8 Å². The summed E-state index contributed by atoms with van der Waals surface area (Å²) >= 11 is 0. The Balaban J connectivity index is 2.18. The van der Waals surface area contributed by atoms with Crippen molar-refractivity contribution in [1.29, 1.82) is 0 Å². The number of hydrogen-bond acceptors (Lipinski definition) is 2. The first-order valence-electron chi connectivity index (χ1n) is 6.48. The first-order valence-corrected chi connectivity index (χ1v) is 6.48. The lowest BCUT2D eigenvalue weighted by molar-refractivity contribution is 0.166. The Morgan fingerprint density at radius 2 is 1.94 bits per heavy atom. The van der Waals surface area contributed by atoms with Gasteiger partial charge in [0.15, 0.2) is 0 Å². The van der Waals surface area contributed by atoms with Gasteiger partial charge in [0.05, 0.1) is 0 Å². The molecule has 2 nitrogen and oxygen atoms in total. The normalized spacial score (nSPS) is 23.8. The number of hydrogen-bond donors (Lipinski definition) is 1. The first kappa shape index (κ1) is 12.4. The minimum Gasteiger partial charge on any atom is -0.396 e. The van der Waals surface area contributed by atoms with Gasteiger partial charge in [0.25, 0.3) is 0 Å². The van der Waals surface area contributed by atoms with Gasteiger partial charge < -0.3 is 10.0 Å². The summed E-state index contributed by atoms with van der Waals surface area (Å²) in [5.41, 5.74) is 2.75. The number of benzene rings is 1. The molecule has 0 spiro atoms. The predicted molar refractivity (Wildman–Crippen MR) is 72.4 cm³/mol. The van der Waals surface area contributed by atoms with Crippen LogP contribution in [-0.2, 0) is 0 Å². The Labute approximate surface area is 104 Å². The average Bonchev–Trinajstić information content (AvgIpc) is 2.29. The molecule has 0 amide bonds. The zero-order valence-electron chi connectivity index (χ0n) is 11.1. The van der Waals surface area contributed by atoms with Crippen LogP contribution in [0.3, 0.4) is 0 Å². The van der Waals surface area contributed by atoms with Crippen LogP contribution in [0.5, 0.6) is 0 Å². The van der Waals surface area contributed by atoms with Crippen LogP contribution in [0.15, 0.2) is 24.3 Å². The highest BCUT2D eigenvalue weighted by Crippen LogP contribution is 2.35. The molecule has 1 atom stereocenters. The summed E-state index contributed by atoms with van der Waals surface area (Å²) in [6.45, 7) is 8.03. The minimum absolute atomic E-state index is 0.140. The van der Waals surface area contributed by atoms with E-state index < -0.39 is 0 Å². The number of aryl methyl sites for hydroxylation is 1. The Morgan fingerprint density at radius 1 is 1.29 bits per heavy atom. The second kappa shape index (κ2) is 4.69. The number of anilines is 1. The van der Waals surface area contributed by atoms with Gasteiger partial charge in [-0.05, 0) is 51.7 Å². The van der Waals surface area contributed by atoms with Crippen molar-refractivity contribution >= 4 is 5.69 Å². The predicted octanol–water partition coefficient (Wildman–Crippen LogP) is 2.98. The maximum Gasteiger partial charge on any atom is 0.0460 e. The molecule has 0 aromatic heterocycles. The smallest absolute Gasteiger partial charge is 0.0460 e. The molecule has 0 bridgehead atoms. The average molecular weight is 233 g/mol. The van der Waals surface area contributed by atoms with E-state index in [1.165, 1.54) is 11.3 Å². The van der Waals surface area contributed by atoms with E-state index in [-0.39, 0.29) is 5.54 Å². The molecule has 17 heavy (non-hydrogen) atoms. The van der Waals surface area contributed by atoms with E-state index in [4.69, 9.17) is 0 Å². The second-order valence-corrected chi connectivity index (χ2v) is 5.84. The molecule has 1 saturated heterocycles. The van der Waals surface area contributed by atoms with Crippen LogP contribution >= 0.6 is 0 Å². The molecule has 1 heterocycles. The van der Waals surface area contributed by atoms with Crippen LogP contribution in [0, 0.1) is 12.8 Å². The third-order valence-corrected chi connectivity index (χ3v) is 3.88. The van der Waals surface area contributed by atoms with Gasteiger partial charge in [-0.3, -0.25) is 0 Å². The molecule has 0 saturated carbocycles. The molecule has 94 valence electrons. The molecular weight excluding hydrogens is 210 g/mol. The van der Waals surface area contributed by atoms with E-state index in [9.17, 15) is 5.11 Å². The van der Waals surface area contributed by atoms with Crippen molar-refractivity contribution in [3.63, 3.8) is 0 Å². The highest BCUT2D eigenvalue weighted by atomic mass is 16.3. The van der Waals surface area contributed by atoms with Gasteiger partial charge in [0, 0.05) is 24.4 Å². The molecule has 0 aliphatic carbocycles. The third-order valence-electron chi connectivity index (χ3n) is 3.88. The lowest BCUT2D eigenvalue weighted by Gasteiger charge is -2.47. The van der Waals surface area contributed by atoms with Gasteiger partial charge in [-0.1, -0.05) is 17.7 Å². The fourth-order valence-corrected chi connectivity index (χ4v) is 2.89. The van der Waals surface area contributed by atoms with Gasteiger partial charge in [-0.15, -0.1) is 0 Å². The summed E-state index contributed by atoms with van der Waals surface area (Å²) in [6.07, 6.45) is 2.16. The molecule has 1 fully saturated rings. The standard InChI is InChI=1S/C15H23NO/c1-12-4-6-14(7-5-12)16-9-8-13(11-17)10-15(16,2)3/h4-7,13,17H,8-11H2,1-3H3. The van der Waals surface area contributed by atoms with Crippen molar-refractivity contribution in [2.75, 3.05) is 18.1 Å². The zero-order chi connectivity index (χ0) is 12.5. The van der Waals surface area contributed by atoms with E-state index in [1.807, 2.05) is 0 Å². The monoisotopic (exact) mass is 233 g/mol. The molecule has 1 unspecified atom stereocenters. The van der Waals surface area contributed by atoms with Crippen molar-refractivity contribution < 1.29 is 5.11 Å². The van der Waals surface area contributed by atoms with Crippen LogP contribution in [0.25, 0.3) is 0 Å². The van der Waals surface area contributed by atoms with Crippen LogP contribution < -0.4 is 4.90 Å². The lowest BCUT2D eigenvalue weighted by atomic mass is 9.82. The molecule has 1 aliphatic rings. The van der Waals surface area contributed by atoms with Gasteiger partial charge in [0.2, 0.25) is 0 Å². The Bertz CT molecular complexity index is 369. The highest BCUT2D eigenvalue weighted by Gasteiger charge is 2.34. The van der Waals surface area contributed by atoms with Crippen LogP contribution in [-0.4, -0.2) is 23.8 Å². The Hall–Kier alpha value is -1.02. The SMILES string of the molecule is Cc1ccc(N2CCC(CO)CC2(C)C)cc1. The number of aliphatic hydroxyl groups excluding tert-OH is 1. The summed E-state index contributed by atoms with van der Waals surface area (Å²) in [5.74, 6) is 0.465. The van der Waals surface area contributed by atoms with Gasteiger partial charge in [0.1, 0.15) is 0 Å². The molecule has 1 aliphatic heterocycles. The number of aliphatic hydroxyl groups is 1. The largest absolute Gasteiger partial charge is 0.396 e. The van der Waals surface area contributed by atoms with Crippen LogP contribution in [0.1, 0.15) is 32.3 Å². The number of piperidine rings is 1. The van der Waals surface area contributed by atoms with Gasteiger partial charge in [-0.25, -0.2) is 0 Å². The Morgan fingerprint density at radius 3 is 2.47 bits per heavy atom. The fraction of sp³-hybridized carbons (Fsp3) is 0.600. The fourth-order valence-electron chi connectivity index (χ4n) is 2.89. The molecule has 1 aromatic carbocycles. The molecule has 2 rings (SSSR count). The maximum atomic E-state index is 9.30. The molecule has 2 heteroatoms. The number of rotatable bonds is 2. The highest BCUT2D eigenvalue weighted by molar-refractivity contribution is 5.50. The van der Waals surface area contributed by atoms with Crippen LogP contribution in [0.2, 0.25) is 0 Å². The molecule has 1 N–H and O–H groups in total. The quantitative estimate of drug-likeness (QED) is 0.849. The zero-order valence-corrected chi connectivity index (χ0v) is 11.1. The Kier molecular flexibility index (Phi) is 3.43. The van der Waals surface area contributed by atoms with Crippen molar-refractivity contribution in [2.24, 2.45) is 5.92 Å². The summed E-state index contributed by atoms with van der Waals surface area (Å²) in [6, 6.07) is 8.75. The minimum atomic E-state index is 0.140. The summed E-state index contributed by atoms with van der Waals surface area (Å²) < 4.78 is 0. The lowest BCUT2D eigenvalue weighted by Crippen LogP contribution is -2.50. The van der Waals surface area contributed by atoms with Crippen molar-refractivity contribution in [1.82, 2.24) is 0 Å². The summed E-state index contributed by atoms with van der Waals surface area (Å²) in [5, 5.41) is 9.30. The van der Waals surface area contributed by atoms with E-state index >= 15 is 0 Å². The van der Waals surface area contributed by atoms with E-state index in [1.54, 1.807) is 0 Å². The van der Waals surface area contributed by atoms with Crippen molar-refractivity contribution in [3.8, 4) is 0 Å². The summed E-state index contributed by atoms with van der Waals surface area (Å²) in [4.78, 5) is 2.47. The molecule has 0 radical (unpaired) electrons. The summed E-state index contributed by atoms with van der Waals surface area (Å²) in [7, 11) is 0. The third kappa shape index (κ3) is 2.63. The van der Waals surface area contributed by atoms with Gasteiger partial charge >= 0.3 is 0 Å². The second-order valence-electron chi connectivity index (χ2n) is 5.84. The van der Waals surface area contributed by atoms with Crippen molar-refractivity contribution in [2.45, 2.75) is 39.2 Å². The topological polar surface area (TPSA) is 23.5 Å². The molecule has 1 aromatic rings. The van der Waals surface area contributed by atoms with E-state index in [0.717, 1.165) is 19.4 Å². The van der Waals surface area contributed by atoms with E-state index in [2.05, 4.69) is 49.9 Å². The first-order chi connectivity index (χ1) is 8.03.